The normalized spacial score (nSPS) is 23.4. The highest BCUT2D eigenvalue weighted by Crippen LogP contribution is 2.61. The zero-order valence-electron chi connectivity index (χ0n) is 57.6. The molecular weight excluding hydrogens is 1350 g/mol. The number of hydrogen-bond acceptors (Lipinski definition) is 20. The van der Waals surface area contributed by atoms with E-state index in [1.165, 1.54) is 64.5 Å². The van der Waals surface area contributed by atoms with Crippen LogP contribution in [0.5, 0.6) is 57.5 Å². The van der Waals surface area contributed by atoms with Crippen molar-refractivity contribution in [2.75, 3.05) is 48.4 Å². The SMILES string of the molecule is COc1c(C)cc2c(c1O)[C@@H]1C3Cc4c(OC(C)=O)c(C)c5c(c4[C@H](CNC(=O)/C=C/c4cccc(C(F)(F)F)c4)N3[C@@H](C#N)[C@H](C2)N1C)OCO5.COc1c(C)cc2c(c1O)[C@@H]1C3Cc4c(OC(C)=O)c(C)c5c(c4[C@H](NC(=O)/C=C/c4cccc(C(F)(F)F)c4)N3[C@@H](C#N)[C@H](C2)N1C)OCO5. The minimum atomic E-state index is -4.56. The number of nitriles is 2. The first-order valence-electron chi connectivity index (χ1n) is 33.1. The fourth-order valence-corrected chi connectivity index (χ4v) is 16.8. The topological polar surface area (TPSA) is 267 Å². The molecule has 14 rings (SSSR count). The van der Waals surface area contributed by atoms with Crippen molar-refractivity contribution in [2.24, 2.45) is 0 Å². The molecule has 6 aromatic carbocycles. The molecule has 538 valence electrons. The van der Waals surface area contributed by atoms with Crippen LogP contribution in [-0.2, 0) is 57.2 Å². The molecule has 4 bridgehead atoms. The second-order valence-electron chi connectivity index (χ2n) is 26.7. The molecular formula is C75H72F6N8O14. The first kappa shape index (κ1) is 70.9. The molecule has 0 aliphatic carbocycles. The van der Waals surface area contributed by atoms with Gasteiger partial charge in [0.15, 0.2) is 46.0 Å². The van der Waals surface area contributed by atoms with Gasteiger partial charge in [-0.3, -0.25) is 38.8 Å². The smallest absolute Gasteiger partial charge is 0.416 e. The summed E-state index contributed by atoms with van der Waals surface area (Å²) in [5.41, 5.74) is 6.56. The Hall–Kier alpha value is -10.5. The third kappa shape index (κ3) is 12.3. The first-order chi connectivity index (χ1) is 49.0. The summed E-state index contributed by atoms with van der Waals surface area (Å²) in [5.74, 6) is 0.308. The number of aryl methyl sites for hydroxylation is 2. The summed E-state index contributed by atoms with van der Waals surface area (Å²) in [6.07, 6.45) is -3.92. The van der Waals surface area contributed by atoms with Crippen LogP contribution in [0.3, 0.4) is 0 Å². The number of alkyl halides is 6. The lowest BCUT2D eigenvalue weighted by Crippen LogP contribution is -2.69. The minimum Gasteiger partial charge on any atom is -0.504 e. The molecule has 8 heterocycles. The maximum atomic E-state index is 13.8. The van der Waals surface area contributed by atoms with Gasteiger partial charge in [0.25, 0.3) is 0 Å². The molecule has 2 amide bonds. The van der Waals surface area contributed by atoms with E-state index in [-0.39, 0.29) is 73.4 Å². The van der Waals surface area contributed by atoms with Gasteiger partial charge in [-0.05, 0) is 137 Å². The number of hydrogen-bond donors (Lipinski definition) is 4. The van der Waals surface area contributed by atoms with Crippen molar-refractivity contribution in [3.05, 3.63) is 162 Å². The Kier molecular flexibility index (Phi) is 18.6. The Morgan fingerprint density at radius 1 is 0.583 bits per heavy atom. The molecule has 4 N–H and O–H groups in total. The molecule has 8 aliphatic heterocycles. The molecule has 0 spiro atoms. The van der Waals surface area contributed by atoms with Crippen LogP contribution in [0.4, 0.5) is 26.3 Å². The Morgan fingerprint density at radius 3 is 1.46 bits per heavy atom. The van der Waals surface area contributed by atoms with Gasteiger partial charge < -0.3 is 58.7 Å². The average Bonchev–Trinajstić information content (AvgIpc) is 1.52. The fourth-order valence-electron chi connectivity index (χ4n) is 16.8. The van der Waals surface area contributed by atoms with Crippen molar-refractivity contribution in [3.63, 3.8) is 0 Å². The van der Waals surface area contributed by atoms with Crippen LogP contribution in [-0.4, -0.2) is 138 Å². The number of likely N-dealkylation sites (N-methyl/N-ethyl adjacent to an activating group) is 2. The quantitative estimate of drug-likeness (QED) is 0.0406. The molecule has 2 fully saturated rings. The third-order valence-corrected chi connectivity index (χ3v) is 20.9. The lowest BCUT2D eigenvalue weighted by Gasteiger charge is -2.60. The van der Waals surface area contributed by atoms with E-state index in [2.05, 4.69) is 37.5 Å². The van der Waals surface area contributed by atoms with Gasteiger partial charge in [0.2, 0.25) is 25.4 Å². The Labute approximate surface area is 588 Å². The van der Waals surface area contributed by atoms with Gasteiger partial charge >= 0.3 is 24.3 Å². The summed E-state index contributed by atoms with van der Waals surface area (Å²) in [6, 6.07) is 13.3. The van der Waals surface area contributed by atoms with E-state index in [9.17, 15) is 66.3 Å². The van der Waals surface area contributed by atoms with Gasteiger partial charge in [-0.25, -0.2) is 0 Å². The summed E-state index contributed by atoms with van der Waals surface area (Å²) in [4.78, 5) is 60.2. The number of rotatable bonds is 11. The monoisotopic (exact) mass is 1420 g/mol. The highest BCUT2D eigenvalue weighted by molar-refractivity contribution is 5.93. The second kappa shape index (κ2) is 27.0. The van der Waals surface area contributed by atoms with E-state index in [4.69, 9.17) is 37.9 Å². The Morgan fingerprint density at radius 2 is 1.01 bits per heavy atom. The number of benzene rings is 6. The summed E-state index contributed by atoms with van der Waals surface area (Å²) < 4.78 is 127. The average molecular weight is 1420 g/mol. The molecule has 103 heavy (non-hydrogen) atoms. The fraction of sp³-hybridized carbons (Fsp3) is 0.387. The van der Waals surface area contributed by atoms with E-state index in [0.717, 1.165) is 58.7 Å². The maximum absolute atomic E-state index is 13.8. The van der Waals surface area contributed by atoms with Gasteiger partial charge in [-0.2, -0.15) is 36.9 Å². The van der Waals surface area contributed by atoms with Crippen molar-refractivity contribution in [1.29, 1.82) is 10.5 Å². The number of nitrogens with one attached hydrogen (secondary N) is 2. The van der Waals surface area contributed by atoms with Crippen LogP contribution in [0, 0.1) is 50.4 Å². The lowest BCUT2D eigenvalue weighted by molar-refractivity contribution is -0.138. The summed E-state index contributed by atoms with van der Waals surface area (Å²) in [7, 11) is 6.80. The number of phenols is 2. The van der Waals surface area contributed by atoms with Crippen molar-refractivity contribution < 1.29 is 93.6 Å². The molecule has 2 saturated heterocycles. The molecule has 22 nitrogen and oxygen atoms in total. The zero-order valence-corrected chi connectivity index (χ0v) is 57.6. The van der Waals surface area contributed by atoms with E-state index in [1.54, 1.807) is 13.8 Å². The van der Waals surface area contributed by atoms with Crippen molar-refractivity contribution in [3.8, 4) is 69.6 Å². The number of phenolic OH excluding ortho intramolecular Hbond substituents is 2. The van der Waals surface area contributed by atoms with Crippen LogP contribution >= 0.6 is 0 Å². The molecule has 2 unspecified atom stereocenters. The first-order valence-corrected chi connectivity index (χ1v) is 33.1. The number of esters is 2. The highest BCUT2D eigenvalue weighted by atomic mass is 19.4. The Bertz CT molecular complexity index is 4680. The van der Waals surface area contributed by atoms with Crippen molar-refractivity contribution in [1.82, 2.24) is 30.2 Å². The number of ether oxygens (including phenoxy) is 8. The number of nitrogens with zero attached hydrogens (tertiary/aromatic N) is 6. The van der Waals surface area contributed by atoms with E-state index < -0.39 is 95.7 Å². The predicted octanol–water partition coefficient (Wildman–Crippen LogP) is 10.5. The molecule has 28 heteroatoms. The minimum absolute atomic E-state index is 0.0145. The number of piperazine rings is 2. The van der Waals surface area contributed by atoms with Gasteiger partial charge in [-0.15, -0.1) is 0 Å². The van der Waals surface area contributed by atoms with E-state index in [1.807, 2.05) is 45.0 Å². The lowest BCUT2D eigenvalue weighted by atomic mass is 9.71. The molecule has 6 aromatic rings. The van der Waals surface area contributed by atoms with Crippen LogP contribution in [0.2, 0.25) is 0 Å². The molecule has 0 saturated carbocycles. The zero-order chi connectivity index (χ0) is 73.7. The van der Waals surface area contributed by atoms with Gasteiger partial charge in [-0.1, -0.05) is 36.4 Å². The van der Waals surface area contributed by atoms with Gasteiger partial charge in [0.05, 0.1) is 55.6 Å². The Balaban J connectivity index is 0.000000183. The van der Waals surface area contributed by atoms with Crippen LogP contribution < -0.4 is 48.5 Å². The summed E-state index contributed by atoms with van der Waals surface area (Å²) >= 11 is 0. The standard InChI is InChI=1S/C38H37F3N4O7.C37H35F3N4O7/c1-18-11-22-13-25-27(15-42)45-26(32(44(25)4)30(22)33(48)34(18)49-5)14-24-31(37-36(50-17-51-37)19(2)35(24)52-20(3)46)28(45)16-43-29(47)10-9-21-7-6-8-23(12-21)38(39,40)41;1-17-11-21-13-24-26(15-41)44-25(30(43(24)4)28(21)31(47)32(17)48-5)14-23-29(35-34(49-16-50-35)18(2)33(23)51-19(3)45)36(44)42-27(46)10-9-20-7-6-8-22(12-20)37(38,39)40/h6-12,25-28,32,48H,13-14,16-17H2,1-5H3,(H,43,47);6-12,24-26,30,36,47H,13-14,16H2,1-5H3,(H,42,46)/b2*10-9+/t25-,26?,27-,28-,32-;24-,25?,26-,30-,36+/m00/s1. The van der Waals surface area contributed by atoms with Crippen molar-refractivity contribution >= 4 is 35.9 Å². The number of carbonyl (C=O) groups excluding carboxylic acids is 4. The predicted molar refractivity (Wildman–Crippen MR) is 357 cm³/mol. The molecule has 0 radical (unpaired) electrons. The van der Waals surface area contributed by atoms with Crippen LogP contribution in [0.1, 0.15) is 127 Å². The summed E-state index contributed by atoms with van der Waals surface area (Å²) in [5, 5.41) is 50.9. The molecule has 0 aromatic heterocycles. The number of methoxy groups -OCH3 is 2. The number of fused-ring (bicyclic) bond motifs is 18. The number of halogens is 6. The summed E-state index contributed by atoms with van der Waals surface area (Å²) in [6.45, 7) is 9.50. The maximum Gasteiger partial charge on any atom is 0.416 e. The van der Waals surface area contributed by atoms with E-state index >= 15 is 0 Å². The number of carbonyl (C=O) groups is 4. The third-order valence-electron chi connectivity index (χ3n) is 20.9. The number of aromatic hydroxyl groups is 2. The van der Waals surface area contributed by atoms with Gasteiger partial charge in [0, 0.05) is 101 Å². The second-order valence-corrected chi connectivity index (χ2v) is 26.7. The van der Waals surface area contributed by atoms with E-state index in [0.29, 0.717) is 97.6 Å². The number of amides is 2. The van der Waals surface area contributed by atoms with Crippen LogP contribution in [0.15, 0.2) is 72.8 Å². The molecule has 10 atom stereocenters. The van der Waals surface area contributed by atoms with Crippen LogP contribution in [0.25, 0.3) is 12.2 Å². The molecule has 8 aliphatic rings. The van der Waals surface area contributed by atoms with Gasteiger partial charge in [0.1, 0.15) is 29.7 Å². The van der Waals surface area contributed by atoms with Crippen molar-refractivity contribution in [2.45, 2.75) is 140 Å². The largest absolute Gasteiger partial charge is 0.504 e. The highest BCUT2D eigenvalue weighted by Gasteiger charge is 2.59.